The Kier molecular flexibility index (Phi) is 23.3. The summed E-state index contributed by atoms with van der Waals surface area (Å²) in [5, 5.41) is 0. The molecule has 1 saturated carbocycles. The van der Waals surface area contributed by atoms with E-state index in [-0.39, 0.29) is 0 Å². The molecular weight excluding hydrogens is 208 g/mol. The number of hydrogen-bond acceptors (Lipinski definition) is 1. The van der Waals surface area contributed by atoms with Crippen LogP contribution in [0, 0.1) is 11.8 Å². The van der Waals surface area contributed by atoms with E-state index >= 15 is 0 Å². The molecule has 0 heterocycles. The Morgan fingerprint density at radius 1 is 0.882 bits per heavy atom. The minimum atomic E-state index is 0.398. The lowest BCUT2D eigenvalue weighted by Crippen LogP contribution is -2.13. The van der Waals surface area contributed by atoms with Gasteiger partial charge in [-0.05, 0) is 25.7 Å². The van der Waals surface area contributed by atoms with Crippen LogP contribution in [-0.2, 0) is 4.79 Å². The molecule has 0 atom stereocenters. The average molecular weight is 244 g/mol. The summed E-state index contributed by atoms with van der Waals surface area (Å²) in [5.74, 6) is 1.65. The van der Waals surface area contributed by atoms with Crippen LogP contribution >= 0.6 is 0 Å². The average Bonchev–Trinajstić information content (AvgIpc) is 2.34. The zero-order valence-electron chi connectivity index (χ0n) is 13.6. The first-order valence-electron chi connectivity index (χ1n) is 7.54. The minimum absolute atomic E-state index is 0.398. The maximum atomic E-state index is 10.8. The summed E-state index contributed by atoms with van der Waals surface area (Å²) >= 11 is 0. The molecule has 0 aromatic carbocycles. The highest BCUT2D eigenvalue weighted by Gasteiger charge is 2.16. The van der Waals surface area contributed by atoms with Crippen LogP contribution in [0.1, 0.15) is 87.5 Å². The fourth-order valence-electron chi connectivity index (χ4n) is 1.51. The minimum Gasteiger partial charge on any atom is -0.300 e. The van der Waals surface area contributed by atoms with E-state index in [4.69, 9.17) is 0 Å². The van der Waals surface area contributed by atoms with Gasteiger partial charge in [0.1, 0.15) is 5.78 Å². The van der Waals surface area contributed by atoms with Gasteiger partial charge in [-0.2, -0.15) is 0 Å². The third kappa shape index (κ3) is 21.5. The fraction of sp³-hybridized carbons (Fsp3) is 0.938. The number of ketones is 1. The molecule has 1 aliphatic rings. The number of Topliss-reactive ketones (excluding diaryl/α,β-unsaturated/α-hetero) is 1. The summed E-state index contributed by atoms with van der Waals surface area (Å²) in [4.78, 5) is 10.8. The molecule has 1 nitrogen and oxygen atoms in total. The smallest absolute Gasteiger partial charge is 0.132 e. The summed E-state index contributed by atoms with van der Waals surface area (Å²) in [7, 11) is 0. The Bertz CT molecular complexity index is 130. The molecule has 0 unspecified atom stereocenters. The molecule has 17 heavy (non-hydrogen) atoms. The quantitative estimate of drug-likeness (QED) is 0.563. The van der Waals surface area contributed by atoms with Gasteiger partial charge in [0.05, 0.1) is 0 Å². The van der Waals surface area contributed by atoms with E-state index in [0.717, 1.165) is 18.8 Å². The molecule has 0 radical (unpaired) electrons. The van der Waals surface area contributed by atoms with Gasteiger partial charge >= 0.3 is 0 Å². The van der Waals surface area contributed by atoms with Gasteiger partial charge < -0.3 is 0 Å². The number of hydrogen-bond donors (Lipinski definition) is 0. The van der Waals surface area contributed by atoms with Crippen molar-refractivity contribution in [1.29, 1.82) is 0 Å². The first-order chi connectivity index (χ1) is 8.04. The van der Waals surface area contributed by atoms with Crippen molar-refractivity contribution in [2.24, 2.45) is 11.8 Å². The van der Waals surface area contributed by atoms with E-state index in [2.05, 4.69) is 20.8 Å². The highest BCUT2D eigenvalue weighted by molar-refractivity contribution is 5.78. The normalized spacial score (nSPS) is 14.4. The van der Waals surface area contributed by atoms with Gasteiger partial charge in [0, 0.05) is 5.92 Å². The van der Waals surface area contributed by atoms with Crippen LogP contribution in [0.2, 0.25) is 0 Å². The lowest BCUT2D eigenvalue weighted by molar-refractivity contribution is -0.121. The van der Waals surface area contributed by atoms with Gasteiger partial charge in [0.2, 0.25) is 0 Å². The van der Waals surface area contributed by atoms with Crippen LogP contribution in [0.3, 0.4) is 0 Å². The third-order valence-corrected chi connectivity index (χ3v) is 2.18. The first-order valence-corrected chi connectivity index (χ1v) is 7.54. The SMILES string of the molecule is CC.CC.CC(=O)C1CCCCC1.CC(C)C. The molecule has 0 aromatic heterocycles. The maximum absolute atomic E-state index is 10.8. The highest BCUT2D eigenvalue weighted by atomic mass is 16.1. The van der Waals surface area contributed by atoms with E-state index in [1.807, 2.05) is 27.7 Å². The molecule has 1 fully saturated rings. The molecule has 0 N–H and O–H groups in total. The second-order valence-corrected chi connectivity index (χ2v) is 4.68. The molecule has 1 heteroatoms. The van der Waals surface area contributed by atoms with E-state index in [1.54, 1.807) is 6.92 Å². The Labute approximate surface area is 110 Å². The van der Waals surface area contributed by atoms with Crippen molar-refractivity contribution >= 4 is 5.78 Å². The largest absolute Gasteiger partial charge is 0.300 e. The van der Waals surface area contributed by atoms with Crippen LogP contribution < -0.4 is 0 Å². The van der Waals surface area contributed by atoms with E-state index < -0.39 is 0 Å². The predicted octanol–water partition coefficient (Wildman–Crippen LogP) is 5.87. The molecular formula is C16H36O. The highest BCUT2D eigenvalue weighted by Crippen LogP contribution is 2.23. The fourth-order valence-corrected chi connectivity index (χ4v) is 1.51. The first kappa shape index (κ1) is 21.9. The molecule has 106 valence electrons. The zero-order valence-corrected chi connectivity index (χ0v) is 13.6. The van der Waals surface area contributed by atoms with Crippen LogP contribution in [-0.4, -0.2) is 5.78 Å². The van der Waals surface area contributed by atoms with Gasteiger partial charge in [0.15, 0.2) is 0 Å². The van der Waals surface area contributed by atoms with Crippen molar-refractivity contribution in [2.45, 2.75) is 87.5 Å². The summed E-state index contributed by atoms with van der Waals surface area (Å²) < 4.78 is 0. The number of rotatable bonds is 1. The van der Waals surface area contributed by atoms with Gasteiger partial charge in [-0.3, -0.25) is 4.79 Å². The van der Waals surface area contributed by atoms with Gasteiger partial charge in [-0.15, -0.1) is 0 Å². The molecule has 0 amide bonds. The molecule has 0 bridgehead atoms. The molecule has 1 aliphatic carbocycles. The second kappa shape index (κ2) is 18.0. The number of carbonyl (C=O) groups is 1. The van der Waals surface area contributed by atoms with Crippen molar-refractivity contribution in [3.63, 3.8) is 0 Å². The topological polar surface area (TPSA) is 17.1 Å². The van der Waals surface area contributed by atoms with Crippen LogP contribution in [0.25, 0.3) is 0 Å². The molecule has 0 spiro atoms. The Morgan fingerprint density at radius 3 is 1.35 bits per heavy atom. The third-order valence-electron chi connectivity index (χ3n) is 2.18. The van der Waals surface area contributed by atoms with Gasteiger partial charge in [-0.25, -0.2) is 0 Å². The van der Waals surface area contributed by atoms with Crippen molar-refractivity contribution in [2.75, 3.05) is 0 Å². The van der Waals surface area contributed by atoms with E-state index in [9.17, 15) is 4.79 Å². The Balaban J connectivity index is -0.000000208. The van der Waals surface area contributed by atoms with Crippen molar-refractivity contribution in [3.05, 3.63) is 0 Å². The predicted molar refractivity (Wildman–Crippen MR) is 80.5 cm³/mol. The molecule has 0 saturated heterocycles. The van der Waals surface area contributed by atoms with Crippen molar-refractivity contribution in [3.8, 4) is 0 Å². The Morgan fingerprint density at radius 2 is 1.18 bits per heavy atom. The standard InChI is InChI=1S/C8H14O.C4H10.2C2H6/c1-7(9)8-5-3-2-4-6-8;1-4(2)3;2*1-2/h8H,2-6H2,1H3;4H,1-3H3;2*1-2H3. The molecule has 1 rings (SSSR count). The van der Waals surface area contributed by atoms with Crippen molar-refractivity contribution < 1.29 is 4.79 Å². The molecule has 0 aliphatic heterocycles. The molecule has 0 aromatic rings. The van der Waals surface area contributed by atoms with Gasteiger partial charge in [-0.1, -0.05) is 67.7 Å². The van der Waals surface area contributed by atoms with Gasteiger partial charge in [0.25, 0.3) is 0 Å². The zero-order chi connectivity index (χ0) is 14.3. The lowest BCUT2D eigenvalue weighted by atomic mass is 9.87. The van der Waals surface area contributed by atoms with Crippen LogP contribution in [0.5, 0.6) is 0 Å². The van der Waals surface area contributed by atoms with Crippen LogP contribution in [0.15, 0.2) is 0 Å². The lowest BCUT2D eigenvalue weighted by Gasteiger charge is -2.17. The Hall–Kier alpha value is -0.330. The monoisotopic (exact) mass is 244 g/mol. The van der Waals surface area contributed by atoms with Crippen molar-refractivity contribution in [1.82, 2.24) is 0 Å². The summed E-state index contributed by atoms with van der Waals surface area (Å²) in [5.41, 5.74) is 0. The van der Waals surface area contributed by atoms with Crippen LogP contribution in [0.4, 0.5) is 0 Å². The maximum Gasteiger partial charge on any atom is 0.132 e. The second-order valence-electron chi connectivity index (χ2n) is 4.68. The van der Waals surface area contributed by atoms with E-state index in [0.29, 0.717) is 11.7 Å². The summed E-state index contributed by atoms with van der Waals surface area (Å²) in [6, 6.07) is 0. The number of carbonyl (C=O) groups excluding carboxylic acids is 1. The summed E-state index contributed by atoms with van der Waals surface area (Å²) in [6.45, 7) is 16.2. The van der Waals surface area contributed by atoms with E-state index in [1.165, 1.54) is 19.3 Å². The summed E-state index contributed by atoms with van der Waals surface area (Å²) in [6.07, 6.45) is 6.17.